The molecule has 7 heteroatoms. The maximum absolute atomic E-state index is 6.07. The van der Waals surface area contributed by atoms with Crippen molar-refractivity contribution >= 4 is 28.1 Å². The van der Waals surface area contributed by atoms with E-state index >= 15 is 0 Å². The molecule has 0 aliphatic heterocycles. The summed E-state index contributed by atoms with van der Waals surface area (Å²) in [4.78, 5) is 0. The van der Waals surface area contributed by atoms with Gasteiger partial charge < -0.3 is 20.9 Å². The van der Waals surface area contributed by atoms with Gasteiger partial charge in [0, 0.05) is 4.47 Å². The van der Waals surface area contributed by atoms with Gasteiger partial charge in [-0.05, 0) is 79.3 Å². The summed E-state index contributed by atoms with van der Waals surface area (Å²) < 4.78 is 12.7. The Morgan fingerprint density at radius 1 is 1.04 bits per heavy atom. The number of ether oxygens (including phenoxy) is 2. The Bertz CT molecular complexity index is 874. The zero-order chi connectivity index (χ0) is 20.1. The third kappa shape index (κ3) is 4.80. The average Bonchev–Trinajstić information content (AvgIpc) is 2.65. The Morgan fingerprint density at radius 2 is 1.67 bits per heavy atom. The Balaban J connectivity index is 2.26. The van der Waals surface area contributed by atoms with Gasteiger partial charge in [-0.3, -0.25) is 0 Å². The normalized spacial score (nSPS) is 10.9. The predicted molar refractivity (Wildman–Crippen MR) is 114 cm³/mol. The van der Waals surface area contributed by atoms with Crippen LogP contribution in [0.15, 0.2) is 32.9 Å². The maximum Gasteiger partial charge on any atom is 0.211 e. The van der Waals surface area contributed by atoms with Crippen LogP contribution in [0, 0.1) is 27.7 Å². The van der Waals surface area contributed by atoms with Crippen molar-refractivity contribution in [2.45, 2.75) is 34.3 Å². The van der Waals surface area contributed by atoms with Crippen LogP contribution < -0.4 is 20.9 Å². The van der Waals surface area contributed by atoms with Crippen molar-refractivity contribution in [1.29, 1.82) is 0 Å². The second-order valence-electron chi connectivity index (χ2n) is 6.26. The molecular formula is C20H25BrN4O2. The lowest BCUT2D eigenvalue weighted by Gasteiger charge is -2.19. The summed E-state index contributed by atoms with van der Waals surface area (Å²) in [6.45, 7) is 8.92. The molecule has 27 heavy (non-hydrogen) atoms. The summed E-state index contributed by atoms with van der Waals surface area (Å²) in [5.74, 6) is 1.18. The van der Waals surface area contributed by atoms with Gasteiger partial charge in [0.25, 0.3) is 0 Å². The van der Waals surface area contributed by atoms with Crippen LogP contribution >= 0.6 is 15.9 Å². The van der Waals surface area contributed by atoms with Gasteiger partial charge in [-0.15, -0.1) is 5.10 Å². The van der Waals surface area contributed by atoms with Crippen LogP contribution in [-0.4, -0.2) is 19.3 Å². The first-order valence-corrected chi connectivity index (χ1v) is 9.23. The standard InChI is InChI=1S/C20H25BrN4O2/c1-11-13(3)19(21)14(4)12(2)16(11)10-27-17-7-6-15(8-18(17)26-5)9-24-25-20(22)23/h6-9H,10H2,1-5H3,(H4,22,23,25)/b24-9-. The van der Waals surface area contributed by atoms with Gasteiger partial charge in [0.1, 0.15) is 6.61 Å². The quantitative estimate of drug-likeness (QED) is 0.411. The van der Waals surface area contributed by atoms with E-state index in [0.717, 1.165) is 10.0 Å². The Labute approximate surface area is 168 Å². The van der Waals surface area contributed by atoms with Crippen LogP contribution in [0.1, 0.15) is 33.4 Å². The van der Waals surface area contributed by atoms with Gasteiger partial charge in [-0.1, -0.05) is 15.9 Å². The van der Waals surface area contributed by atoms with E-state index in [1.54, 1.807) is 13.3 Å². The van der Waals surface area contributed by atoms with Crippen molar-refractivity contribution in [3.05, 3.63) is 56.1 Å². The van der Waals surface area contributed by atoms with Gasteiger partial charge in [-0.25, -0.2) is 0 Å². The topological polar surface area (TPSA) is 95.2 Å². The highest BCUT2D eigenvalue weighted by Gasteiger charge is 2.14. The fraction of sp³-hybridized carbons (Fsp3) is 0.300. The molecule has 0 aliphatic rings. The van der Waals surface area contributed by atoms with E-state index in [4.69, 9.17) is 20.9 Å². The molecule has 2 aromatic rings. The highest BCUT2D eigenvalue weighted by Crippen LogP contribution is 2.33. The number of nitrogens with zero attached hydrogens (tertiary/aromatic N) is 2. The first kappa shape index (κ1) is 20.8. The molecule has 144 valence electrons. The van der Waals surface area contributed by atoms with Crippen molar-refractivity contribution in [2.24, 2.45) is 21.7 Å². The minimum Gasteiger partial charge on any atom is -0.493 e. The molecule has 0 bridgehead atoms. The van der Waals surface area contributed by atoms with E-state index in [2.05, 4.69) is 53.8 Å². The average molecular weight is 433 g/mol. The zero-order valence-corrected chi connectivity index (χ0v) is 17.8. The number of guanidine groups is 1. The number of rotatable bonds is 6. The van der Waals surface area contributed by atoms with Gasteiger partial charge in [-0.2, -0.15) is 5.10 Å². The molecular weight excluding hydrogens is 408 g/mol. The molecule has 0 saturated carbocycles. The lowest BCUT2D eigenvalue weighted by atomic mass is 9.95. The van der Waals surface area contributed by atoms with Crippen molar-refractivity contribution in [2.75, 3.05) is 7.11 Å². The number of halogens is 1. The Kier molecular flexibility index (Phi) is 6.85. The monoisotopic (exact) mass is 432 g/mol. The molecule has 0 aromatic heterocycles. The van der Waals surface area contributed by atoms with Crippen molar-refractivity contribution in [1.82, 2.24) is 0 Å². The lowest BCUT2D eigenvalue weighted by molar-refractivity contribution is 0.283. The summed E-state index contributed by atoms with van der Waals surface area (Å²) in [5, 5.41) is 7.39. The maximum atomic E-state index is 6.07. The number of nitrogens with two attached hydrogens (primary N) is 2. The molecule has 6 nitrogen and oxygen atoms in total. The smallest absolute Gasteiger partial charge is 0.211 e. The second kappa shape index (κ2) is 8.90. The Hall–Kier alpha value is -2.54. The van der Waals surface area contributed by atoms with Crippen LogP contribution in [0.5, 0.6) is 11.5 Å². The van der Waals surface area contributed by atoms with E-state index in [1.807, 2.05) is 18.2 Å². The molecule has 0 radical (unpaired) electrons. The Morgan fingerprint density at radius 3 is 2.22 bits per heavy atom. The molecule has 0 saturated heterocycles. The molecule has 0 atom stereocenters. The minimum atomic E-state index is -0.0935. The predicted octanol–water partition coefficient (Wildman–Crippen LogP) is 3.88. The summed E-state index contributed by atoms with van der Waals surface area (Å²) >= 11 is 3.67. The van der Waals surface area contributed by atoms with Gasteiger partial charge in [0.05, 0.1) is 13.3 Å². The van der Waals surface area contributed by atoms with E-state index < -0.39 is 0 Å². The summed E-state index contributed by atoms with van der Waals surface area (Å²) in [5.41, 5.74) is 17.4. The third-order valence-electron chi connectivity index (χ3n) is 4.63. The number of hydrogen-bond donors (Lipinski definition) is 2. The fourth-order valence-corrected chi connectivity index (χ4v) is 3.35. The molecule has 0 amide bonds. The highest BCUT2D eigenvalue weighted by molar-refractivity contribution is 9.10. The molecule has 0 unspecified atom stereocenters. The lowest BCUT2D eigenvalue weighted by Crippen LogP contribution is -2.21. The fourth-order valence-electron chi connectivity index (χ4n) is 2.76. The van der Waals surface area contributed by atoms with E-state index in [1.165, 1.54) is 27.8 Å². The molecule has 2 aromatic carbocycles. The molecule has 0 spiro atoms. The van der Waals surface area contributed by atoms with Gasteiger partial charge in [0.2, 0.25) is 5.96 Å². The van der Waals surface area contributed by atoms with Crippen LogP contribution in [0.25, 0.3) is 0 Å². The van der Waals surface area contributed by atoms with E-state index in [0.29, 0.717) is 18.1 Å². The number of hydrogen-bond acceptors (Lipinski definition) is 4. The largest absolute Gasteiger partial charge is 0.493 e. The SMILES string of the molecule is COc1cc(/C=N\N=C(N)N)ccc1OCc1c(C)c(C)c(Br)c(C)c1C. The van der Waals surface area contributed by atoms with Crippen LogP contribution in [0.2, 0.25) is 0 Å². The van der Waals surface area contributed by atoms with Crippen LogP contribution in [-0.2, 0) is 6.61 Å². The second-order valence-corrected chi connectivity index (χ2v) is 7.05. The van der Waals surface area contributed by atoms with Crippen LogP contribution in [0.3, 0.4) is 0 Å². The molecule has 2 rings (SSSR count). The molecule has 0 fully saturated rings. The van der Waals surface area contributed by atoms with Crippen molar-refractivity contribution in [3.8, 4) is 11.5 Å². The molecule has 0 heterocycles. The van der Waals surface area contributed by atoms with Gasteiger partial charge in [0.15, 0.2) is 11.5 Å². The van der Waals surface area contributed by atoms with Gasteiger partial charge >= 0.3 is 0 Å². The first-order chi connectivity index (χ1) is 12.8. The first-order valence-electron chi connectivity index (χ1n) is 8.43. The summed E-state index contributed by atoms with van der Waals surface area (Å²) in [7, 11) is 1.60. The summed E-state index contributed by atoms with van der Waals surface area (Å²) in [6.07, 6.45) is 1.54. The van der Waals surface area contributed by atoms with Crippen molar-refractivity contribution in [3.63, 3.8) is 0 Å². The summed E-state index contributed by atoms with van der Waals surface area (Å²) in [6, 6.07) is 5.53. The minimum absolute atomic E-state index is 0.0935. The molecule has 0 aliphatic carbocycles. The highest BCUT2D eigenvalue weighted by atomic mass is 79.9. The number of benzene rings is 2. The van der Waals surface area contributed by atoms with Crippen molar-refractivity contribution < 1.29 is 9.47 Å². The number of methoxy groups -OCH3 is 1. The van der Waals surface area contributed by atoms with E-state index in [9.17, 15) is 0 Å². The third-order valence-corrected chi connectivity index (χ3v) is 5.82. The zero-order valence-electron chi connectivity index (χ0n) is 16.3. The van der Waals surface area contributed by atoms with E-state index in [-0.39, 0.29) is 5.96 Å². The molecule has 4 N–H and O–H groups in total. The van der Waals surface area contributed by atoms with Crippen LogP contribution in [0.4, 0.5) is 0 Å².